The first-order valence-electron chi connectivity index (χ1n) is 11.8. The van der Waals surface area contributed by atoms with Gasteiger partial charge in [0.1, 0.15) is 17.5 Å². The van der Waals surface area contributed by atoms with Gasteiger partial charge in [-0.05, 0) is 62.7 Å². The van der Waals surface area contributed by atoms with Crippen LogP contribution in [0.4, 0.5) is 30.5 Å². The van der Waals surface area contributed by atoms with Crippen LogP contribution in [0.2, 0.25) is 0 Å². The largest absolute Gasteiger partial charge is 0.416 e. The fraction of sp³-hybridized carbons (Fsp3) is 0.148. The molecule has 0 spiro atoms. The number of amides is 1. The lowest BCUT2D eigenvalue weighted by Gasteiger charge is -2.15. The van der Waals surface area contributed by atoms with E-state index in [9.17, 15) is 18.0 Å². The van der Waals surface area contributed by atoms with Crippen molar-refractivity contribution in [1.82, 2.24) is 29.1 Å². The van der Waals surface area contributed by atoms with E-state index in [0.717, 1.165) is 23.5 Å². The lowest BCUT2D eigenvalue weighted by atomic mass is 10.1. The Labute approximate surface area is 221 Å². The van der Waals surface area contributed by atoms with Gasteiger partial charge in [0.25, 0.3) is 5.91 Å². The van der Waals surface area contributed by atoms with Crippen LogP contribution in [0.5, 0.6) is 0 Å². The second-order valence-corrected chi connectivity index (χ2v) is 8.80. The molecule has 2 aromatic carbocycles. The molecule has 3 aromatic heterocycles. The predicted molar refractivity (Wildman–Crippen MR) is 140 cm³/mol. The van der Waals surface area contributed by atoms with Gasteiger partial charge in [0.15, 0.2) is 0 Å². The van der Waals surface area contributed by atoms with Gasteiger partial charge in [0, 0.05) is 53.6 Å². The maximum absolute atomic E-state index is 13.6. The van der Waals surface area contributed by atoms with E-state index in [1.807, 2.05) is 13.8 Å². The van der Waals surface area contributed by atoms with Crippen LogP contribution in [0.3, 0.4) is 0 Å². The van der Waals surface area contributed by atoms with Crippen LogP contribution in [0.15, 0.2) is 73.4 Å². The molecule has 0 atom stereocenters. The molecule has 1 amide bonds. The van der Waals surface area contributed by atoms with Gasteiger partial charge in [0.05, 0.1) is 5.56 Å². The van der Waals surface area contributed by atoms with Crippen LogP contribution < -0.4 is 10.6 Å². The van der Waals surface area contributed by atoms with Crippen molar-refractivity contribution in [3.05, 3.63) is 102 Å². The van der Waals surface area contributed by atoms with Crippen LogP contribution in [-0.2, 0) is 6.18 Å². The fourth-order valence-electron chi connectivity index (χ4n) is 4.02. The van der Waals surface area contributed by atoms with Gasteiger partial charge in [0.2, 0.25) is 5.95 Å². The molecular formula is C27H23F3N8O. The third-order valence-corrected chi connectivity index (χ3v) is 6.07. The number of carbonyl (C=O) groups excluding carboxylic acids is 1. The molecule has 198 valence electrons. The zero-order valence-electron chi connectivity index (χ0n) is 21.2. The monoisotopic (exact) mass is 532 g/mol. The third-order valence-electron chi connectivity index (χ3n) is 6.07. The van der Waals surface area contributed by atoms with E-state index in [-0.39, 0.29) is 16.9 Å². The molecular weight excluding hydrogens is 509 g/mol. The van der Waals surface area contributed by atoms with E-state index in [2.05, 4.69) is 30.6 Å². The number of carbonyl (C=O) groups is 1. The molecule has 0 aliphatic rings. The third kappa shape index (κ3) is 5.49. The molecule has 39 heavy (non-hydrogen) atoms. The van der Waals surface area contributed by atoms with Crippen molar-refractivity contribution in [1.29, 1.82) is 0 Å². The summed E-state index contributed by atoms with van der Waals surface area (Å²) < 4.78 is 44.2. The van der Waals surface area contributed by atoms with Gasteiger partial charge in [-0.2, -0.15) is 18.2 Å². The molecule has 0 radical (unpaired) electrons. The van der Waals surface area contributed by atoms with Gasteiger partial charge in [-0.1, -0.05) is 6.07 Å². The highest BCUT2D eigenvalue weighted by Gasteiger charge is 2.31. The van der Waals surface area contributed by atoms with E-state index in [1.54, 1.807) is 60.5 Å². The first kappa shape index (κ1) is 25.6. The summed E-state index contributed by atoms with van der Waals surface area (Å²) in [5, 5.41) is 5.72. The molecule has 12 heteroatoms. The number of nitrogens with one attached hydrogen (secondary N) is 2. The average molecular weight is 533 g/mol. The first-order valence-corrected chi connectivity index (χ1v) is 11.8. The van der Waals surface area contributed by atoms with Crippen LogP contribution in [0.25, 0.3) is 11.5 Å². The molecule has 3 heterocycles. The minimum absolute atomic E-state index is 0.000236. The van der Waals surface area contributed by atoms with Gasteiger partial charge in [-0.25, -0.2) is 15.0 Å². The van der Waals surface area contributed by atoms with Crippen molar-refractivity contribution in [3.63, 3.8) is 0 Å². The maximum atomic E-state index is 13.6. The molecule has 2 N–H and O–H groups in total. The minimum atomic E-state index is -4.60. The van der Waals surface area contributed by atoms with E-state index >= 15 is 0 Å². The minimum Gasteiger partial charge on any atom is -0.324 e. The molecule has 9 nitrogen and oxygen atoms in total. The zero-order valence-corrected chi connectivity index (χ0v) is 21.2. The number of halogens is 3. The van der Waals surface area contributed by atoms with Crippen molar-refractivity contribution in [2.45, 2.75) is 26.9 Å². The Morgan fingerprint density at radius 1 is 0.846 bits per heavy atom. The quantitative estimate of drug-likeness (QED) is 0.287. The summed E-state index contributed by atoms with van der Waals surface area (Å²) in [6.07, 6.45) is 3.49. The Morgan fingerprint density at radius 2 is 1.56 bits per heavy atom. The van der Waals surface area contributed by atoms with Crippen molar-refractivity contribution in [2.24, 2.45) is 0 Å². The first-order chi connectivity index (χ1) is 18.6. The Kier molecular flexibility index (Phi) is 6.60. The standard InChI is InChI=1S/C27H23F3N8O/c1-16-4-5-19(12-23(16)35-26-33-7-6-24(36-26)38-11-9-32-18(38)3)25(39)34-21-13-20(27(28,29)30)14-22(15-21)37-10-8-31-17(37)2/h4-15H,1-3H3,(H,34,39)(H,33,35,36). The van der Waals surface area contributed by atoms with E-state index in [1.165, 1.54) is 16.8 Å². The van der Waals surface area contributed by atoms with Crippen LogP contribution in [0, 0.1) is 20.8 Å². The Balaban J connectivity index is 1.42. The summed E-state index contributed by atoms with van der Waals surface area (Å²) in [5.74, 6) is 1.61. The van der Waals surface area contributed by atoms with E-state index in [4.69, 9.17) is 0 Å². The van der Waals surface area contributed by atoms with Gasteiger partial charge in [-0.15, -0.1) is 0 Å². The summed E-state index contributed by atoms with van der Waals surface area (Å²) in [4.78, 5) is 30.2. The number of aryl methyl sites for hydroxylation is 3. The number of benzene rings is 2. The lowest BCUT2D eigenvalue weighted by molar-refractivity contribution is -0.137. The summed E-state index contributed by atoms with van der Waals surface area (Å²) in [6, 6.07) is 10.0. The molecule has 0 bridgehead atoms. The summed E-state index contributed by atoms with van der Waals surface area (Å²) in [7, 11) is 0. The number of rotatable bonds is 6. The van der Waals surface area contributed by atoms with Crippen molar-refractivity contribution < 1.29 is 18.0 Å². The molecule has 0 aliphatic heterocycles. The number of nitrogens with zero attached hydrogens (tertiary/aromatic N) is 6. The highest BCUT2D eigenvalue weighted by Crippen LogP contribution is 2.33. The maximum Gasteiger partial charge on any atom is 0.416 e. The second kappa shape index (κ2) is 10.0. The number of hydrogen-bond donors (Lipinski definition) is 2. The molecule has 5 aromatic rings. The van der Waals surface area contributed by atoms with Crippen LogP contribution >= 0.6 is 0 Å². The van der Waals surface area contributed by atoms with Gasteiger partial charge >= 0.3 is 6.18 Å². The molecule has 5 rings (SSSR count). The number of aromatic nitrogens is 6. The number of imidazole rings is 2. The second-order valence-electron chi connectivity index (χ2n) is 8.80. The highest BCUT2D eigenvalue weighted by atomic mass is 19.4. The Morgan fingerprint density at radius 3 is 2.23 bits per heavy atom. The van der Waals surface area contributed by atoms with Gasteiger partial charge < -0.3 is 15.2 Å². The molecule has 0 fully saturated rings. The Hall–Kier alpha value is -5.00. The molecule has 0 unspecified atom stereocenters. The number of hydrogen-bond acceptors (Lipinski definition) is 6. The summed E-state index contributed by atoms with van der Waals surface area (Å²) in [6.45, 7) is 5.38. The van der Waals surface area contributed by atoms with Crippen molar-refractivity contribution in [3.8, 4) is 11.5 Å². The topological polar surface area (TPSA) is 103 Å². The highest BCUT2D eigenvalue weighted by molar-refractivity contribution is 6.05. The lowest BCUT2D eigenvalue weighted by Crippen LogP contribution is -2.15. The fourth-order valence-corrected chi connectivity index (χ4v) is 4.02. The zero-order chi connectivity index (χ0) is 27.7. The predicted octanol–water partition coefficient (Wildman–Crippen LogP) is 5.79. The average Bonchev–Trinajstić information content (AvgIpc) is 3.52. The molecule has 0 saturated heterocycles. The van der Waals surface area contributed by atoms with Crippen molar-refractivity contribution in [2.75, 3.05) is 10.6 Å². The summed E-state index contributed by atoms with van der Waals surface area (Å²) in [5.41, 5.74) is 0.964. The smallest absolute Gasteiger partial charge is 0.324 e. The van der Waals surface area contributed by atoms with Crippen LogP contribution in [-0.4, -0.2) is 35.0 Å². The Bertz CT molecular complexity index is 1670. The normalized spacial score (nSPS) is 11.4. The van der Waals surface area contributed by atoms with E-state index < -0.39 is 17.6 Å². The SMILES string of the molecule is Cc1ccc(C(=O)Nc2cc(-n3ccnc3C)cc(C(F)(F)F)c2)cc1Nc1nccc(-n2ccnc2C)n1. The number of anilines is 3. The molecule has 0 aliphatic carbocycles. The van der Waals surface area contributed by atoms with E-state index in [0.29, 0.717) is 23.3 Å². The van der Waals surface area contributed by atoms with Gasteiger partial charge in [-0.3, -0.25) is 9.36 Å². The molecule has 0 saturated carbocycles. The van der Waals surface area contributed by atoms with Crippen LogP contribution in [0.1, 0.15) is 33.1 Å². The summed E-state index contributed by atoms with van der Waals surface area (Å²) >= 11 is 0. The van der Waals surface area contributed by atoms with Crippen molar-refractivity contribution >= 4 is 23.2 Å². The number of alkyl halides is 3.